The van der Waals surface area contributed by atoms with Gasteiger partial charge in [0.05, 0.1) is 44.7 Å². The van der Waals surface area contributed by atoms with Crippen molar-refractivity contribution in [3.8, 4) is 22.8 Å². The monoisotopic (exact) mass is 496 g/mol. The molecule has 0 saturated carbocycles. The van der Waals surface area contributed by atoms with Crippen molar-refractivity contribution in [1.82, 2.24) is 4.68 Å². The number of alkyl halides is 3. The molecule has 1 aromatic carbocycles. The molecular weight excluding hydrogens is 469 g/mol. The fourth-order valence-corrected chi connectivity index (χ4v) is 4.82. The van der Waals surface area contributed by atoms with Crippen LogP contribution in [0.3, 0.4) is 0 Å². The Balaban J connectivity index is 1.75. The number of ether oxygens (including phenoxy) is 4. The fourth-order valence-electron chi connectivity index (χ4n) is 4.82. The number of aromatic nitrogens is 1. The summed E-state index contributed by atoms with van der Waals surface area (Å²) in [4.78, 5) is 25.0. The van der Waals surface area contributed by atoms with E-state index in [4.69, 9.17) is 14.2 Å². The van der Waals surface area contributed by atoms with E-state index >= 15 is 0 Å². The van der Waals surface area contributed by atoms with Crippen molar-refractivity contribution >= 4 is 5.97 Å². The van der Waals surface area contributed by atoms with Crippen LogP contribution in [-0.2, 0) is 9.47 Å². The number of carbonyl (C=O) groups is 1. The van der Waals surface area contributed by atoms with Crippen LogP contribution in [0.4, 0.5) is 13.2 Å². The first kappa shape index (κ1) is 24.9. The summed E-state index contributed by atoms with van der Waals surface area (Å²) >= 11 is 0. The third kappa shape index (κ3) is 4.69. The maximum atomic E-state index is 12.8. The Hall–Kier alpha value is -3.21. The van der Waals surface area contributed by atoms with Gasteiger partial charge in [0.15, 0.2) is 16.9 Å². The molecule has 0 aliphatic carbocycles. The predicted molar refractivity (Wildman–Crippen MR) is 120 cm³/mol. The van der Waals surface area contributed by atoms with Gasteiger partial charge in [-0.25, -0.2) is 4.79 Å². The largest absolute Gasteiger partial charge is 0.522 e. The van der Waals surface area contributed by atoms with Gasteiger partial charge in [-0.3, -0.25) is 19.2 Å². The highest BCUT2D eigenvalue weighted by Crippen LogP contribution is 2.50. The highest BCUT2D eigenvalue weighted by atomic mass is 19.4. The Labute approximate surface area is 200 Å². The first-order valence-electron chi connectivity index (χ1n) is 11.2. The van der Waals surface area contributed by atoms with Crippen LogP contribution in [0.25, 0.3) is 11.3 Å². The van der Waals surface area contributed by atoms with Crippen molar-refractivity contribution in [3.05, 3.63) is 45.7 Å². The maximum Gasteiger partial charge on any atom is 0.522 e. The molecule has 0 spiro atoms. The summed E-state index contributed by atoms with van der Waals surface area (Å²) in [5, 5.41) is 2.13. The summed E-state index contributed by atoms with van der Waals surface area (Å²) in [5.74, 6) is 0.0626. The summed E-state index contributed by atoms with van der Waals surface area (Å²) in [6.07, 6.45) is -1.46. The van der Waals surface area contributed by atoms with Crippen LogP contribution < -0.4 is 19.9 Å². The predicted octanol–water partition coefficient (Wildman–Crippen LogP) is 4.18. The van der Waals surface area contributed by atoms with Gasteiger partial charge in [-0.05, 0) is 44.4 Å². The van der Waals surface area contributed by atoms with E-state index in [-0.39, 0.29) is 30.2 Å². The number of hydrogen-bond donors (Lipinski definition) is 0. The Morgan fingerprint density at radius 1 is 1.14 bits per heavy atom. The number of nitrogens with zero attached hydrogens (tertiary/aromatic N) is 2. The summed E-state index contributed by atoms with van der Waals surface area (Å²) in [6.45, 7) is 3.66. The minimum Gasteiger partial charge on any atom is -0.493 e. The van der Waals surface area contributed by atoms with Crippen LogP contribution in [-0.4, -0.2) is 50.0 Å². The van der Waals surface area contributed by atoms with Crippen LogP contribution in [0.15, 0.2) is 29.2 Å². The number of hydrogen-bond acceptors (Lipinski definition) is 7. The third-order valence-corrected chi connectivity index (χ3v) is 6.40. The molecule has 2 aliphatic heterocycles. The van der Waals surface area contributed by atoms with E-state index in [1.807, 2.05) is 10.7 Å². The smallest absolute Gasteiger partial charge is 0.493 e. The Bertz CT molecular complexity index is 1190. The van der Waals surface area contributed by atoms with E-state index in [2.05, 4.69) is 23.6 Å². The zero-order valence-corrected chi connectivity index (χ0v) is 19.9. The van der Waals surface area contributed by atoms with Gasteiger partial charge in [0.1, 0.15) is 5.56 Å². The lowest BCUT2D eigenvalue weighted by Crippen LogP contribution is -2.50. The molecule has 2 aromatic rings. The minimum absolute atomic E-state index is 0.00361. The highest BCUT2D eigenvalue weighted by molar-refractivity contribution is 5.89. The molecule has 0 radical (unpaired) electrons. The van der Waals surface area contributed by atoms with Gasteiger partial charge in [0.25, 0.3) is 0 Å². The second-order valence-corrected chi connectivity index (χ2v) is 9.07. The molecule has 1 atom stereocenters. The van der Waals surface area contributed by atoms with Crippen molar-refractivity contribution in [2.75, 3.05) is 32.4 Å². The summed E-state index contributed by atoms with van der Waals surface area (Å²) < 4.78 is 58.3. The Kier molecular flexibility index (Phi) is 6.48. The zero-order chi connectivity index (χ0) is 25.5. The topological polar surface area (TPSA) is 79.2 Å². The van der Waals surface area contributed by atoms with E-state index < -0.39 is 24.4 Å². The van der Waals surface area contributed by atoms with Crippen molar-refractivity contribution in [1.29, 1.82) is 0 Å². The normalized spacial score (nSPS) is 17.9. The molecule has 11 heteroatoms. The quantitative estimate of drug-likeness (QED) is 0.420. The fraction of sp³-hybridized carbons (Fsp3) is 0.500. The zero-order valence-electron chi connectivity index (χ0n) is 19.9. The molecule has 1 fully saturated rings. The average molecular weight is 496 g/mol. The number of carbonyl (C=O) groups excluding carboxylic acids is 1. The van der Waals surface area contributed by atoms with Crippen LogP contribution in [0.5, 0.6) is 11.5 Å². The second kappa shape index (κ2) is 9.10. The van der Waals surface area contributed by atoms with Crippen LogP contribution in [0.1, 0.15) is 55.1 Å². The van der Waals surface area contributed by atoms with Gasteiger partial charge >= 0.3 is 12.3 Å². The lowest BCUT2D eigenvalue weighted by atomic mass is 9.93. The molecule has 190 valence electrons. The molecule has 0 bridgehead atoms. The first-order valence-corrected chi connectivity index (χ1v) is 11.2. The summed E-state index contributed by atoms with van der Waals surface area (Å²) in [7, 11) is 2.69. The minimum atomic E-state index is -4.68. The van der Waals surface area contributed by atoms with E-state index in [1.54, 1.807) is 6.07 Å². The van der Waals surface area contributed by atoms with Crippen LogP contribution >= 0.6 is 0 Å². The number of fused-ring (bicyclic) bond motifs is 6. The lowest BCUT2D eigenvalue weighted by molar-refractivity contribution is -0.324. The van der Waals surface area contributed by atoms with Crippen molar-refractivity contribution in [2.24, 2.45) is 0 Å². The van der Waals surface area contributed by atoms with Gasteiger partial charge < -0.3 is 14.2 Å². The molecule has 3 heterocycles. The molecule has 0 N–H and O–H groups in total. The lowest BCUT2D eigenvalue weighted by Gasteiger charge is -2.44. The highest BCUT2D eigenvalue weighted by Gasteiger charge is 2.45. The molecule has 4 rings (SSSR count). The van der Waals surface area contributed by atoms with Crippen molar-refractivity contribution < 1.29 is 36.9 Å². The molecular formula is C24H27F3N2O6. The van der Waals surface area contributed by atoms with Gasteiger partial charge in [0, 0.05) is 24.2 Å². The average Bonchev–Trinajstić information content (AvgIpc) is 3.12. The number of benzene rings is 1. The number of esters is 1. The van der Waals surface area contributed by atoms with Crippen LogP contribution in [0, 0.1) is 0 Å². The van der Waals surface area contributed by atoms with Crippen LogP contribution in [0.2, 0.25) is 0 Å². The summed E-state index contributed by atoms with van der Waals surface area (Å²) in [6, 6.07) is 4.90. The number of rotatable bonds is 7. The molecule has 1 saturated heterocycles. The third-order valence-electron chi connectivity index (χ3n) is 6.40. The Morgan fingerprint density at radius 3 is 2.54 bits per heavy atom. The Morgan fingerprint density at radius 2 is 1.89 bits per heavy atom. The number of pyridine rings is 1. The molecule has 1 aromatic heterocycles. The van der Waals surface area contributed by atoms with Crippen molar-refractivity contribution in [2.45, 2.75) is 51.1 Å². The van der Waals surface area contributed by atoms with Crippen molar-refractivity contribution in [3.63, 3.8) is 0 Å². The molecule has 8 nitrogen and oxygen atoms in total. The summed E-state index contributed by atoms with van der Waals surface area (Å²) in [5.41, 5.74) is 1.44. The van der Waals surface area contributed by atoms with E-state index in [1.165, 1.54) is 26.5 Å². The first-order chi connectivity index (χ1) is 16.5. The molecule has 0 amide bonds. The van der Waals surface area contributed by atoms with E-state index in [9.17, 15) is 22.8 Å². The van der Waals surface area contributed by atoms with Gasteiger partial charge in [-0.2, -0.15) is 0 Å². The second-order valence-electron chi connectivity index (χ2n) is 9.07. The molecule has 35 heavy (non-hydrogen) atoms. The van der Waals surface area contributed by atoms with Gasteiger partial charge in [-0.15, -0.1) is 13.2 Å². The number of methoxy groups -OCH3 is 2. The molecule has 2 aliphatic rings. The van der Waals surface area contributed by atoms with Gasteiger partial charge in [-0.1, -0.05) is 0 Å². The SMILES string of the molecule is COC(=O)c1cn2c(cc1=O)-c1cc(OC)c(OCCCOC(F)(F)F)cc1[C@H]1CCC(C)(C)N12. The number of halogens is 3. The maximum absolute atomic E-state index is 12.8. The van der Waals surface area contributed by atoms with E-state index in [0.29, 0.717) is 17.2 Å². The molecule has 0 unspecified atom stereocenters. The van der Waals surface area contributed by atoms with E-state index in [0.717, 1.165) is 24.0 Å². The van der Waals surface area contributed by atoms with Gasteiger partial charge in [0.2, 0.25) is 0 Å². The standard InChI is InChI=1S/C24H27F3N2O6/c1-23(2)7-6-17-14-11-21(34-8-5-9-35-24(25,26)27)20(32-3)10-15(14)18-12-19(30)16(22(31)33-4)13-28(18)29(17)23/h10-13,17H,5-9H2,1-4H3/t17-/m1/s1.